The minimum absolute atomic E-state index is 0.0922. The van der Waals surface area contributed by atoms with Gasteiger partial charge in [0.2, 0.25) is 5.91 Å². The zero-order chi connectivity index (χ0) is 19.3. The summed E-state index contributed by atoms with van der Waals surface area (Å²) in [5, 5.41) is 7.76. The number of aromatic nitrogens is 1. The first-order valence-electron chi connectivity index (χ1n) is 10.0. The van der Waals surface area contributed by atoms with Gasteiger partial charge in [0, 0.05) is 55.2 Å². The Kier molecular flexibility index (Phi) is 5.74. The highest BCUT2D eigenvalue weighted by Crippen LogP contribution is 2.30. The van der Waals surface area contributed by atoms with Crippen molar-refractivity contribution in [3.8, 4) is 0 Å². The molecule has 1 aromatic heterocycles. The lowest BCUT2D eigenvalue weighted by Gasteiger charge is -2.33. The van der Waals surface area contributed by atoms with Crippen LogP contribution in [0.5, 0.6) is 0 Å². The summed E-state index contributed by atoms with van der Waals surface area (Å²) >= 11 is 0. The number of fused-ring (bicyclic) bond motifs is 1. The fourth-order valence-electron chi connectivity index (χ4n) is 4.05. The van der Waals surface area contributed by atoms with Gasteiger partial charge in [-0.25, -0.2) is 0 Å². The van der Waals surface area contributed by atoms with Gasteiger partial charge in [-0.1, -0.05) is 48.5 Å². The van der Waals surface area contributed by atoms with Gasteiger partial charge >= 0.3 is 0 Å². The van der Waals surface area contributed by atoms with E-state index < -0.39 is 0 Å². The molecular formula is C23H28N4O. The zero-order valence-electron chi connectivity index (χ0n) is 16.3. The van der Waals surface area contributed by atoms with Gasteiger partial charge in [0.05, 0.1) is 6.54 Å². The van der Waals surface area contributed by atoms with Gasteiger partial charge < -0.3 is 15.6 Å². The van der Waals surface area contributed by atoms with Crippen molar-refractivity contribution in [1.29, 1.82) is 0 Å². The van der Waals surface area contributed by atoms with Gasteiger partial charge in [-0.2, -0.15) is 0 Å². The van der Waals surface area contributed by atoms with Crippen LogP contribution >= 0.6 is 0 Å². The van der Waals surface area contributed by atoms with Crippen molar-refractivity contribution in [2.75, 3.05) is 32.7 Å². The van der Waals surface area contributed by atoms with Crippen molar-refractivity contribution >= 4 is 16.8 Å². The summed E-state index contributed by atoms with van der Waals surface area (Å²) in [6.07, 6.45) is 2.08. The monoisotopic (exact) mass is 376 g/mol. The van der Waals surface area contributed by atoms with E-state index in [0.29, 0.717) is 19.1 Å². The molecule has 1 aliphatic rings. The van der Waals surface area contributed by atoms with Crippen molar-refractivity contribution in [3.63, 3.8) is 0 Å². The van der Waals surface area contributed by atoms with Crippen LogP contribution < -0.4 is 10.6 Å². The van der Waals surface area contributed by atoms with Crippen LogP contribution in [-0.2, 0) is 4.79 Å². The van der Waals surface area contributed by atoms with E-state index in [-0.39, 0.29) is 11.8 Å². The second-order valence-corrected chi connectivity index (χ2v) is 7.58. The average Bonchev–Trinajstić information content (AvgIpc) is 3.15. The third-order valence-electron chi connectivity index (χ3n) is 5.69. The summed E-state index contributed by atoms with van der Waals surface area (Å²) in [5.41, 5.74) is 3.56. The van der Waals surface area contributed by atoms with Gasteiger partial charge in [-0.15, -0.1) is 0 Å². The molecule has 0 radical (unpaired) electrons. The van der Waals surface area contributed by atoms with Gasteiger partial charge in [-0.05, 0) is 24.1 Å². The lowest BCUT2D eigenvalue weighted by Crippen LogP contribution is -2.52. The van der Waals surface area contributed by atoms with E-state index in [9.17, 15) is 4.79 Å². The first-order valence-corrected chi connectivity index (χ1v) is 10.0. The number of aromatic amines is 1. The molecule has 146 valence electrons. The Balaban J connectivity index is 1.51. The van der Waals surface area contributed by atoms with Crippen LogP contribution in [0, 0.1) is 0 Å². The first kappa shape index (κ1) is 18.7. The highest BCUT2D eigenvalue weighted by molar-refractivity contribution is 5.84. The quantitative estimate of drug-likeness (QED) is 0.620. The van der Waals surface area contributed by atoms with Crippen LogP contribution in [0.25, 0.3) is 10.9 Å². The molecule has 0 aliphatic carbocycles. The normalized spacial score (nSPS) is 18.8. The van der Waals surface area contributed by atoms with Gasteiger partial charge in [0.25, 0.3) is 0 Å². The number of H-pyrrole nitrogens is 1. The van der Waals surface area contributed by atoms with Crippen LogP contribution in [0.15, 0.2) is 60.8 Å². The first-order chi connectivity index (χ1) is 13.7. The Hall–Kier alpha value is -2.63. The molecule has 2 heterocycles. The summed E-state index contributed by atoms with van der Waals surface area (Å²) in [6, 6.07) is 19.1. The van der Waals surface area contributed by atoms with E-state index >= 15 is 0 Å². The maximum Gasteiger partial charge on any atom is 0.234 e. The van der Waals surface area contributed by atoms with E-state index in [0.717, 1.165) is 25.2 Å². The lowest BCUT2D eigenvalue weighted by molar-refractivity contribution is -0.122. The molecule has 5 heteroatoms. The van der Waals surface area contributed by atoms with Crippen molar-refractivity contribution in [1.82, 2.24) is 20.5 Å². The Morgan fingerprint density at radius 3 is 2.79 bits per heavy atom. The van der Waals surface area contributed by atoms with E-state index in [1.165, 1.54) is 16.5 Å². The summed E-state index contributed by atoms with van der Waals surface area (Å²) < 4.78 is 0. The van der Waals surface area contributed by atoms with Gasteiger partial charge in [0.1, 0.15) is 0 Å². The predicted molar refractivity (Wildman–Crippen MR) is 113 cm³/mol. The number of carbonyl (C=O) groups excluding carboxylic acids is 1. The molecule has 1 fully saturated rings. The van der Waals surface area contributed by atoms with E-state index in [1.807, 2.05) is 12.1 Å². The highest BCUT2D eigenvalue weighted by atomic mass is 16.2. The summed E-state index contributed by atoms with van der Waals surface area (Å²) in [5.74, 6) is 0.205. The number of nitrogens with one attached hydrogen (secondary N) is 3. The van der Waals surface area contributed by atoms with Gasteiger partial charge in [-0.3, -0.25) is 9.69 Å². The Labute approximate surface area is 166 Å². The second-order valence-electron chi connectivity index (χ2n) is 7.58. The number of nitrogens with zero attached hydrogens (tertiary/aromatic N) is 1. The number of para-hydroxylation sites is 1. The standard InChI is InChI=1S/C23H28N4O/c1-17-13-24-11-12-27(17)16-23(28)26-14-20(18-7-3-2-4-8-18)21-15-25-22-10-6-5-9-19(21)22/h2-10,15,17,20,24-25H,11-14,16H2,1H3,(H,26,28)/t17-,20?/m1/s1. The molecule has 28 heavy (non-hydrogen) atoms. The highest BCUT2D eigenvalue weighted by Gasteiger charge is 2.22. The number of rotatable bonds is 6. The van der Waals surface area contributed by atoms with Crippen LogP contribution in [0.3, 0.4) is 0 Å². The number of hydrogen-bond acceptors (Lipinski definition) is 3. The number of amides is 1. The van der Waals surface area contributed by atoms with Crippen molar-refractivity contribution in [2.24, 2.45) is 0 Å². The van der Waals surface area contributed by atoms with Crippen molar-refractivity contribution in [3.05, 3.63) is 71.9 Å². The zero-order valence-corrected chi connectivity index (χ0v) is 16.3. The SMILES string of the molecule is C[C@@H]1CNCCN1CC(=O)NCC(c1ccccc1)c1c[nH]c2ccccc12. The van der Waals surface area contributed by atoms with Gasteiger partial charge in [0.15, 0.2) is 0 Å². The van der Waals surface area contributed by atoms with Crippen LogP contribution in [0.1, 0.15) is 24.0 Å². The summed E-state index contributed by atoms with van der Waals surface area (Å²) in [4.78, 5) is 18.3. The molecule has 3 N–H and O–H groups in total. The number of hydrogen-bond donors (Lipinski definition) is 3. The van der Waals surface area contributed by atoms with E-state index in [2.05, 4.69) is 76.1 Å². The van der Waals surface area contributed by atoms with E-state index in [4.69, 9.17) is 0 Å². The molecule has 4 rings (SSSR count). The maximum atomic E-state index is 12.6. The van der Waals surface area contributed by atoms with Crippen LogP contribution in [-0.4, -0.2) is 54.6 Å². The average molecular weight is 377 g/mol. The minimum atomic E-state index is 0.0922. The molecule has 2 atom stereocenters. The fourth-order valence-corrected chi connectivity index (χ4v) is 4.05. The molecule has 1 saturated heterocycles. The fraction of sp³-hybridized carbons (Fsp3) is 0.348. The van der Waals surface area contributed by atoms with Crippen LogP contribution in [0.2, 0.25) is 0 Å². The number of benzene rings is 2. The van der Waals surface area contributed by atoms with Crippen molar-refractivity contribution in [2.45, 2.75) is 18.9 Å². The topological polar surface area (TPSA) is 60.2 Å². The maximum absolute atomic E-state index is 12.6. The number of carbonyl (C=O) groups is 1. The van der Waals surface area contributed by atoms with Crippen LogP contribution in [0.4, 0.5) is 0 Å². The minimum Gasteiger partial charge on any atom is -0.361 e. The molecule has 1 unspecified atom stereocenters. The smallest absolute Gasteiger partial charge is 0.234 e. The second kappa shape index (κ2) is 8.59. The molecule has 0 spiro atoms. The predicted octanol–water partition coefficient (Wildman–Crippen LogP) is 2.71. The Morgan fingerprint density at radius 2 is 1.96 bits per heavy atom. The Morgan fingerprint density at radius 1 is 1.18 bits per heavy atom. The lowest BCUT2D eigenvalue weighted by atomic mass is 9.91. The molecule has 1 amide bonds. The molecule has 3 aromatic rings. The molecule has 1 aliphatic heterocycles. The molecule has 0 bridgehead atoms. The Bertz CT molecular complexity index is 921. The third kappa shape index (κ3) is 4.11. The molecule has 5 nitrogen and oxygen atoms in total. The van der Waals surface area contributed by atoms with E-state index in [1.54, 1.807) is 0 Å². The third-order valence-corrected chi connectivity index (χ3v) is 5.69. The molecule has 2 aromatic carbocycles. The molecular weight excluding hydrogens is 348 g/mol. The summed E-state index contributed by atoms with van der Waals surface area (Å²) in [6.45, 7) is 6.01. The van der Waals surface area contributed by atoms with Crippen molar-refractivity contribution < 1.29 is 4.79 Å². The number of piperazine rings is 1. The summed E-state index contributed by atoms with van der Waals surface area (Å²) in [7, 11) is 0. The molecule has 0 saturated carbocycles. The largest absolute Gasteiger partial charge is 0.361 e.